The van der Waals surface area contributed by atoms with Crippen LogP contribution >= 0.6 is 11.6 Å². The van der Waals surface area contributed by atoms with Gasteiger partial charge in [-0.15, -0.1) is 0 Å². The highest BCUT2D eigenvalue weighted by atomic mass is 35.5. The Hall–Kier alpha value is -1.06. The van der Waals surface area contributed by atoms with E-state index in [1.165, 1.54) is 0 Å². The number of rotatable bonds is 6. The summed E-state index contributed by atoms with van der Waals surface area (Å²) in [6, 6.07) is 7.61. The maximum Gasteiger partial charge on any atom is 0.221 e. The lowest BCUT2D eigenvalue weighted by atomic mass is 9.96. The van der Waals surface area contributed by atoms with E-state index >= 15 is 0 Å². The van der Waals surface area contributed by atoms with Crippen LogP contribution in [0.2, 0.25) is 5.02 Å². The van der Waals surface area contributed by atoms with Crippen LogP contribution < -0.4 is 10.6 Å². The number of hydrogen-bond acceptors (Lipinski definition) is 2. The van der Waals surface area contributed by atoms with Crippen LogP contribution in [0, 0.1) is 5.92 Å². The molecule has 1 atom stereocenters. The molecule has 0 aliphatic heterocycles. The molecule has 0 saturated carbocycles. The third kappa shape index (κ3) is 4.31. The molecule has 0 spiro atoms. The fourth-order valence-electron chi connectivity index (χ4n) is 1.81. The molecule has 0 heterocycles. The van der Waals surface area contributed by atoms with Crippen LogP contribution in [0.3, 0.4) is 0 Å². The summed E-state index contributed by atoms with van der Waals surface area (Å²) < 4.78 is 0. The SMILES string of the molecule is CNCCC(=O)NC(c1ccccc1Cl)C(C)C. The fraction of sp³-hybridized carbons (Fsp3) is 0.500. The fourth-order valence-corrected chi connectivity index (χ4v) is 2.07. The van der Waals surface area contributed by atoms with Crippen LogP contribution in [-0.4, -0.2) is 19.5 Å². The minimum absolute atomic E-state index is 0.0388. The molecule has 3 nitrogen and oxygen atoms in total. The maximum atomic E-state index is 11.8. The molecule has 1 aromatic rings. The summed E-state index contributed by atoms with van der Waals surface area (Å²) >= 11 is 6.19. The van der Waals surface area contributed by atoms with Gasteiger partial charge in [-0.2, -0.15) is 0 Å². The molecule has 0 aliphatic carbocycles. The van der Waals surface area contributed by atoms with E-state index in [4.69, 9.17) is 11.6 Å². The Morgan fingerprint density at radius 2 is 2.00 bits per heavy atom. The highest BCUT2D eigenvalue weighted by molar-refractivity contribution is 6.31. The first-order valence-electron chi connectivity index (χ1n) is 6.24. The third-order valence-corrected chi connectivity index (χ3v) is 3.17. The average Bonchev–Trinajstić information content (AvgIpc) is 2.34. The molecule has 2 N–H and O–H groups in total. The second-order valence-electron chi connectivity index (χ2n) is 4.66. The minimum Gasteiger partial charge on any atom is -0.349 e. The zero-order valence-electron chi connectivity index (χ0n) is 11.2. The lowest BCUT2D eigenvalue weighted by Gasteiger charge is -2.24. The normalized spacial score (nSPS) is 12.5. The van der Waals surface area contributed by atoms with E-state index in [0.717, 1.165) is 5.56 Å². The Morgan fingerprint density at radius 1 is 1.33 bits per heavy atom. The van der Waals surface area contributed by atoms with E-state index in [9.17, 15) is 4.79 Å². The molecular weight excluding hydrogens is 248 g/mol. The number of carbonyl (C=O) groups excluding carboxylic acids is 1. The number of amides is 1. The molecule has 4 heteroatoms. The van der Waals surface area contributed by atoms with Gasteiger partial charge in [-0.05, 0) is 24.6 Å². The molecule has 0 saturated heterocycles. The van der Waals surface area contributed by atoms with Gasteiger partial charge < -0.3 is 10.6 Å². The van der Waals surface area contributed by atoms with Gasteiger partial charge in [-0.25, -0.2) is 0 Å². The van der Waals surface area contributed by atoms with Crippen molar-refractivity contribution in [2.75, 3.05) is 13.6 Å². The van der Waals surface area contributed by atoms with Gasteiger partial charge in [0.15, 0.2) is 0 Å². The summed E-state index contributed by atoms with van der Waals surface area (Å²) in [4.78, 5) is 11.8. The van der Waals surface area contributed by atoms with Crippen LogP contribution in [0.15, 0.2) is 24.3 Å². The van der Waals surface area contributed by atoms with Crippen LogP contribution in [-0.2, 0) is 4.79 Å². The first-order chi connectivity index (χ1) is 8.56. The highest BCUT2D eigenvalue weighted by Crippen LogP contribution is 2.28. The topological polar surface area (TPSA) is 41.1 Å². The molecule has 0 bridgehead atoms. The Morgan fingerprint density at radius 3 is 2.56 bits per heavy atom. The molecular formula is C14H21ClN2O. The van der Waals surface area contributed by atoms with E-state index in [1.54, 1.807) is 0 Å². The van der Waals surface area contributed by atoms with E-state index in [0.29, 0.717) is 23.9 Å². The maximum absolute atomic E-state index is 11.8. The van der Waals surface area contributed by atoms with Crippen molar-refractivity contribution in [3.8, 4) is 0 Å². The molecule has 0 aliphatic rings. The molecule has 1 amide bonds. The highest BCUT2D eigenvalue weighted by Gasteiger charge is 2.19. The van der Waals surface area contributed by atoms with Crippen LogP contribution in [0.1, 0.15) is 31.9 Å². The summed E-state index contributed by atoms with van der Waals surface area (Å²) in [5.41, 5.74) is 0.979. The van der Waals surface area contributed by atoms with E-state index in [1.807, 2.05) is 31.3 Å². The van der Waals surface area contributed by atoms with E-state index in [2.05, 4.69) is 24.5 Å². The standard InChI is InChI=1S/C14H21ClN2O/c1-10(2)14(17-13(18)8-9-16-3)11-6-4-5-7-12(11)15/h4-7,10,14,16H,8-9H2,1-3H3,(H,17,18). The molecule has 1 rings (SSSR count). The molecule has 18 heavy (non-hydrogen) atoms. The first-order valence-corrected chi connectivity index (χ1v) is 6.62. The van der Waals surface area contributed by atoms with Gasteiger partial charge >= 0.3 is 0 Å². The van der Waals surface area contributed by atoms with E-state index < -0.39 is 0 Å². The molecule has 0 radical (unpaired) electrons. The van der Waals surface area contributed by atoms with Crippen molar-refractivity contribution in [1.82, 2.24) is 10.6 Å². The smallest absolute Gasteiger partial charge is 0.221 e. The largest absolute Gasteiger partial charge is 0.349 e. The second kappa shape index (κ2) is 7.39. The predicted molar refractivity (Wildman–Crippen MR) is 75.7 cm³/mol. The van der Waals surface area contributed by atoms with Crippen molar-refractivity contribution in [3.63, 3.8) is 0 Å². The van der Waals surface area contributed by atoms with Gasteiger partial charge in [0, 0.05) is 18.0 Å². The van der Waals surface area contributed by atoms with Crippen molar-refractivity contribution >= 4 is 17.5 Å². The van der Waals surface area contributed by atoms with Gasteiger partial charge in [-0.3, -0.25) is 4.79 Å². The summed E-state index contributed by atoms with van der Waals surface area (Å²) in [7, 11) is 1.83. The summed E-state index contributed by atoms with van der Waals surface area (Å²) in [6.45, 7) is 4.83. The molecule has 1 unspecified atom stereocenters. The quantitative estimate of drug-likeness (QED) is 0.833. The number of nitrogens with one attached hydrogen (secondary N) is 2. The van der Waals surface area contributed by atoms with Gasteiger partial charge in [-0.1, -0.05) is 43.6 Å². The Labute approximate surface area is 114 Å². The monoisotopic (exact) mass is 268 g/mol. The molecule has 100 valence electrons. The van der Waals surface area contributed by atoms with Crippen LogP contribution in [0.5, 0.6) is 0 Å². The van der Waals surface area contributed by atoms with Crippen LogP contribution in [0.25, 0.3) is 0 Å². The van der Waals surface area contributed by atoms with Crippen LogP contribution in [0.4, 0.5) is 0 Å². The van der Waals surface area contributed by atoms with Crippen molar-refractivity contribution in [2.24, 2.45) is 5.92 Å². The second-order valence-corrected chi connectivity index (χ2v) is 5.07. The average molecular weight is 269 g/mol. The molecule has 0 aromatic heterocycles. The Kier molecular flexibility index (Phi) is 6.16. The number of carbonyl (C=O) groups is 1. The third-order valence-electron chi connectivity index (χ3n) is 2.83. The number of halogens is 1. The van der Waals surface area contributed by atoms with Crippen molar-refractivity contribution in [2.45, 2.75) is 26.3 Å². The molecule has 0 fully saturated rings. The van der Waals surface area contributed by atoms with Gasteiger partial charge in [0.05, 0.1) is 6.04 Å². The lowest BCUT2D eigenvalue weighted by molar-refractivity contribution is -0.122. The first kappa shape index (κ1) is 15.0. The minimum atomic E-state index is -0.0388. The number of benzene rings is 1. The number of hydrogen-bond donors (Lipinski definition) is 2. The van der Waals surface area contributed by atoms with Crippen molar-refractivity contribution in [3.05, 3.63) is 34.9 Å². The van der Waals surface area contributed by atoms with Crippen molar-refractivity contribution < 1.29 is 4.79 Å². The van der Waals surface area contributed by atoms with Gasteiger partial charge in [0.2, 0.25) is 5.91 Å². The van der Waals surface area contributed by atoms with Gasteiger partial charge in [0.1, 0.15) is 0 Å². The van der Waals surface area contributed by atoms with Crippen molar-refractivity contribution in [1.29, 1.82) is 0 Å². The Bertz CT molecular complexity index is 393. The summed E-state index contributed by atoms with van der Waals surface area (Å²) in [5.74, 6) is 0.339. The van der Waals surface area contributed by atoms with E-state index in [-0.39, 0.29) is 11.9 Å². The summed E-state index contributed by atoms with van der Waals surface area (Å²) in [6.07, 6.45) is 0.476. The lowest BCUT2D eigenvalue weighted by Crippen LogP contribution is -2.33. The molecule has 1 aromatic carbocycles. The summed E-state index contributed by atoms with van der Waals surface area (Å²) in [5, 5.41) is 6.71. The predicted octanol–water partition coefficient (Wildman–Crippen LogP) is 2.76. The van der Waals surface area contributed by atoms with Gasteiger partial charge in [0.25, 0.3) is 0 Å². The zero-order valence-corrected chi connectivity index (χ0v) is 11.9. The zero-order chi connectivity index (χ0) is 13.5. The Balaban J connectivity index is 2.78.